The average Bonchev–Trinajstić information content (AvgIpc) is 3.27. The number of nitrogens with zero attached hydrogens (tertiary/aromatic N) is 3. The summed E-state index contributed by atoms with van der Waals surface area (Å²) in [5.41, 5.74) is 1.42. The van der Waals surface area contributed by atoms with Gasteiger partial charge < -0.3 is 14.3 Å². The zero-order valence-electron chi connectivity index (χ0n) is 14.6. The largest absolute Gasteiger partial charge is 0.444 e. The molecule has 0 spiro atoms. The number of benzene rings is 1. The summed E-state index contributed by atoms with van der Waals surface area (Å²) in [6.07, 6.45) is 8.44. The molecule has 1 aromatic carbocycles. The van der Waals surface area contributed by atoms with Gasteiger partial charge in [0.25, 0.3) is 5.91 Å². The molecule has 0 bridgehead atoms. The number of oxazole rings is 1. The first-order valence-corrected chi connectivity index (χ1v) is 8.19. The van der Waals surface area contributed by atoms with E-state index in [-0.39, 0.29) is 17.4 Å². The Bertz CT molecular complexity index is 800. The molecule has 6 nitrogen and oxygen atoms in total. The molecule has 0 aliphatic carbocycles. The minimum Gasteiger partial charge on any atom is -0.444 e. The first-order chi connectivity index (χ1) is 11.9. The van der Waals surface area contributed by atoms with Crippen molar-refractivity contribution in [1.82, 2.24) is 19.9 Å². The average molecular weight is 338 g/mol. The van der Waals surface area contributed by atoms with E-state index in [2.05, 4.69) is 36.1 Å². The third-order valence-electron chi connectivity index (χ3n) is 4.17. The Kier molecular flexibility index (Phi) is 4.70. The second-order valence-electron chi connectivity index (χ2n) is 7.09. The number of carbonyl (C=O) groups excluding carboxylic acids is 1. The van der Waals surface area contributed by atoms with Crippen LogP contribution in [0.25, 0.3) is 11.3 Å². The Morgan fingerprint density at radius 2 is 2.00 bits per heavy atom. The van der Waals surface area contributed by atoms with Gasteiger partial charge in [0.15, 0.2) is 12.2 Å². The fourth-order valence-corrected chi connectivity index (χ4v) is 2.53. The molecule has 1 amide bonds. The lowest BCUT2D eigenvalue weighted by molar-refractivity contribution is 0.0892. The van der Waals surface area contributed by atoms with Crippen molar-refractivity contribution in [3.63, 3.8) is 0 Å². The second kappa shape index (κ2) is 6.93. The van der Waals surface area contributed by atoms with Crippen molar-refractivity contribution in [2.24, 2.45) is 5.41 Å². The molecule has 3 rings (SSSR count). The molecular weight excluding hydrogens is 316 g/mol. The van der Waals surface area contributed by atoms with Crippen LogP contribution in [-0.4, -0.2) is 26.5 Å². The van der Waals surface area contributed by atoms with Crippen molar-refractivity contribution in [3.05, 3.63) is 61.1 Å². The van der Waals surface area contributed by atoms with Crippen molar-refractivity contribution in [1.29, 1.82) is 0 Å². The van der Waals surface area contributed by atoms with Gasteiger partial charge in [-0.2, -0.15) is 0 Å². The van der Waals surface area contributed by atoms with Crippen LogP contribution in [0.2, 0.25) is 0 Å². The first-order valence-electron chi connectivity index (χ1n) is 8.19. The molecule has 0 fully saturated rings. The van der Waals surface area contributed by atoms with E-state index in [9.17, 15) is 4.79 Å². The molecule has 2 aromatic heterocycles. The van der Waals surface area contributed by atoms with Gasteiger partial charge >= 0.3 is 0 Å². The molecule has 6 heteroatoms. The lowest BCUT2D eigenvalue weighted by atomic mass is 9.86. The molecule has 1 N–H and O–H groups in total. The van der Waals surface area contributed by atoms with Gasteiger partial charge in [0.2, 0.25) is 0 Å². The fraction of sp³-hybridized carbons (Fsp3) is 0.316. The lowest BCUT2D eigenvalue weighted by Crippen LogP contribution is -2.46. The number of aromatic nitrogens is 3. The Morgan fingerprint density at radius 1 is 1.24 bits per heavy atom. The Balaban J connectivity index is 1.72. The van der Waals surface area contributed by atoms with E-state index in [1.54, 1.807) is 30.9 Å². The summed E-state index contributed by atoms with van der Waals surface area (Å²) in [4.78, 5) is 20.6. The minimum absolute atomic E-state index is 0.0249. The highest BCUT2D eigenvalue weighted by atomic mass is 16.3. The standard InChI is InChI=1S/C19H22N4O2/c1-19(2,3)17(11-23-9-8-20-12-23)22-18(24)15-6-4-14(5-7-15)16-10-21-13-25-16/h4-10,12-13,17H,11H2,1-3H3,(H,22,24)/t17-/m1/s1. The van der Waals surface area contributed by atoms with Crippen LogP contribution in [0, 0.1) is 5.41 Å². The molecule has 0 unspecified atom stereocenters. The Labute approximate surface area is 146 Å². The summed E-state index contributed by atoms with van der Waals surface area (Å²) in [6, 6.07) is 7.28. The van der Waals surface area contributed by atoms with E-state index in [1.165, 1.54) is 6.39 Å². The van der Waals surface area contributed by atoms with Gasteiger partial charge in [0, 0.05) is 30.1 Å². The van der Waals surface area contributed by atoms with Crippen molar-refractivity contribution in [2.45, 2.75) is 33.4 Å². The molecule has 0 aliphatic rings. The third-order valence-corrected chi connectivity index (χ3v) is 4.17. The van der Waals surface area contributed by atoms with Crippen LogP contribution in [0.3, 0.4) is 0 Å². The lowest BCUT2D eigenvalue weighted by Gasteiger charge is -2.31. The summed E-state index contributed by atoms with van der Waals surface area (Å²) >= 11 is 0. The van der Waals surface area contributed by atoms with Crippen LogP contribution in [0.4, 0.5) is 0 Å². The Morgan fingerprint density at radius 3 is 2.56 bits per heavy atom. The molecular formula is C19H22N4O2. The third kappa shape index (κ3) is 4.15. The fourth-order valence-electron chi connectivity index (χ4n) is 2.53. The zero-order valence-corrected chi connectivity index (χ0v) is 14.6. The number of amides is 1. The number of carbonyl (C=O) groups is 1. The van der Waals surface area contributed by atoms with Crippen molar-refractivity contribution >= 4 is 5.91 Å². The predicted molar refractivity (Wildman–Crippen MR) is 94.9 cm³/mol. The summed E-state index contributed by atoms with van der Waals surface area (Å²) in [5.74, 6) is 0.587. The smallest absolute Gasteiger partial charge is 0.251 e. The van der Waals surface area contributed by atoms with E-state index < -0.39 is 0 Å². The van der Waals surface area contributed by atoms with E-state index in [0.29, 0.717) is 17.9 Å². The summed E-state index contributed by atoms with van der Waals surface area (Å²) in [7, 11) is 0. The van der Waals surface area contributed by atoms with Crippen LogP contribution in [-0.2, 0) is 6.54 Å². The topological polar surface area (TPSA) is 73.0 Å². The molecule has 2 heterocycles. The van der Waals surface area contributed by atoms with Crippen molar-refractivity contribution in [2.75, 3.05) is 0 Å². The molecule has 25 heavy (non-hydrogen) atoms. The summed E-state index contributed by atoms with van der Waals surface area (Å²) in [5, 5.41) is 3.14. The van der Waals surface area contributed by atoms with Gasteiger partial charge in [0.1, 0.15) is 0 Å². The Hall–Kier alpha value is -2.89. The number of hydrogen-bond acceptors (Lipinski definition) is 4. The maximum atomic E-state index is 12.7. The number of rotatable bonds is 5. The summed E-state index contributed by atoms with van der Waals surface area (Å²) < 4.78 is 7.24. The maximum absolute atomic E-state index is 12.7. The van der Waals surface area contributed by atoms with Gasteiger partial charge in [-0.25, -0.2) is 9.97 Å². The number of nitrogens with one attached hydrogen (secondary N) is 1. The molecule has 130 valence electrons. The molecule has 0 saturated carbocycles. The van der Waals surface area contributed by atoms with Gasteiger partial charge in [-0.05, 0) is 17.5 Å². The molecule has 0 saturated heterocycles. The monoisotopic (exact) mass is 338 g/mol. The first kappa shape index (κ1) is 17.0. The van der Waals surface area contributed by atoms with Gasteiger partial charge in [0.05, 0.1) is 18.6 Å². The molecule has 0 aliphatic heterocycles. The summed E-state index contributed by atoms with van der Waals surface area (Å²) in [6.45, 7) is 7.01. The van der Waals surface area contributed by atoms with Gasteiger partial charge in [-0.3, -0.25) is 4.79 Å². The molecule has 1 atom stereocenters. The van der Waals surface area contributed by atoms with Gasteiger partial charge in [-0.1, -0.05) is 32.9 Å². The SMILES string of the molecule is CC(C)(C)[C@@H](Cn1ccnc1)NC(=O)c1ccc(-c2cnco2)cc1. The highest BCUT2D eigenvalue weighted by Gasteiger charge is 2.27. The van der Waals surface area contributed by atoms with E-state index in [1.807, 2.05) is 22.9 Å². The maximum Gasteiger partial charge on any atom is 0.251 e. The molecule has 3 aromatic rings. The number of imidazole rings is 1. The van der Waals surface area contributed by atoms with E-state index in [4.69, 9.17) is 4.42 Å². The van der Waals surface area contributed by atoms with Crippen LogP contribution in [0.15, 0.2) is 60.0 Å². The highest BCUT2D eigenvalue weighted by molar-refractivity contribution is 5.94. The van der Waals surface area contributed by atoms with E-state index >= 15 is 0 Å². The van der Waals surface area contributed by atoms with Gasteiger partial charge in [-0.15, -0.1) is 0 Å². The van der Waals surface area contributed by atoms with Crippen molar-refractivity contribution < 1.29 is 9.21 Å². The molecule has 0 radical (unpaired) electrons. The van der Waals surface area contributed by atoms with Crippen LogP contribution >= 0.6 is 0 Å². The normalized spacial score (nSPS) is 12.8. The second-order valence-corrected chi connectivity index (χ2v) is 7.09. The van der Waals surface area contributed by atoms with Crippen molar-refractivity contribution in [3.8, 4) is 11.3 Å². The predicted octanol–water partition coefficient (Wildman–Crippen LogP) is 3.38. The minimum atomic E-state index is -0.0934. The van der Waals surface area contributed by atoms with Crippen LogP contribution < -0.4 is 5.32 Å². The van der Waals surface area contributed by atoms with E-state index in [0.717, 1.165) is 5.56 Å². The van der Waals surface area contributed by atoms with Crippen LogP contribution in [0.5, 0.6) is 0 Å². The number of hydrogen-bond donors (Lipinski definition) is 1. The quantitative estimate of drug-likeness (QED) is 0.774. The highest BCUT2D eigenvalue weighted by Crippen LogP contribution is 2.22. The zero-order chi connectivity index (χ0) is 17.9. The van der Waals surface area contributed by atoms with Crippen LogP contribution in [0.1, 0.15) is 31.1 Å².